The summed E-state index contributed by atoms with van der Waals surface area (Å²) in [7, 11) is -2.90. The van der Waals surface area contributed by atoms with Crippen molar-refractivity contribution in [2.24, 2.45) is 0 Å². The number of hydrogen-bond donors (Lipinski definition) is 1. The fourth-order valence-electron chi connectivity index (χ4n) is 2.01. The lowest BCUT2D eigenvalue weighted by atomic mass is 10.1. The van der Waals surface area contributed by atoms with Crippen LogP contribution in [0.2, 0.25) is 0 Å². The van der Waals surface area contributed by atoms with Gasteiger partial charge >= 0.3 is 0 Å². The predicted octanol–water partition coefficient (Wildman–Crippen LogP) is 1.64. The van der Waals surface area contributed by atoms with Gasteiger partial charge in [-0.1, -0.05) is 30.3 Å². The van der Waals surface area contributed by atoms with Gasteiger partial charge in [0, 0.05) is 18.3 Å². The number of rotatable bonds is 6. The smallest absolute Gasteiger partial charge is 0.148 e. The van der Waals surface area contributed by atoms with Crippen LogP contribution in [0.3, 0.4) is 0 Å². The second-order valence-electron chi connectivity index (χ2n) is 4.75. The molecule has 0 amide bonds. The van der Waals surface area contributed by atoms with Gasteiger partial charge in [0.05, 0.1) is 5.75 Å². The van der Waals surface area contributed by atoms with Crippen LogP contribution in [0.25, 0.3) is 0 Å². The fourth-order valence-corrected chi connectivity index (χ4v) is 3.02. The molecular weight excluding hydrogens is 234 g/mol. The largest absolute Gasteiger partial charge is 0.310 e. The highest BCUT2D eigenvalue weighted by Gasteiger charge is 2.13. The Morgan fingerprint density at radius 2 is 1.71 bits per heavy atom. The summed E-state index contributed by atoms with van der Waals surface area (Å²) >= 11 is 0. The molecule has 0 saturated carbocycles. The Kier molecular flexibility index (Phi) is 5.15. The minimum atomic E-state index is -2.90. The van der Waals surface area contributed by atoms with E-state index < -0.39 is 9.84 Å². The van der Waals surface area contributed by atoms with Crippen molar-refractivity contribution in [2.75, 3.05) is 12.0 Å². The van der Waals surface area contributed by atoms with Gasteiger partial charge in [-0.2, -0.15) is 0 Å². The molecule has 0 fully saturated rings. The highest BCUT2D eigenvalue weighted by molar-refractivity contribution is 7.90. The van der Waals surface area contributed by atoms with Gasteiger partial charge < -0.3 is 5.32 Å². The van der Waals surface area contributed by atoms with Gasteiger partial charge in [0.15, 0.2) is 0 Å². The SMILES string of the molecule is CC(Cc1ccccc1)NC(C)CS(C)(=O)=O. The Hall–Kier alpha value is -0.870. The normalized spacial score (nSPS) is 15.5. The topological polar surface area (TPSA) is 46.2 Å². The molecule has 0 aliphatic carbocycles. The van der Waals surface area contributed by atoms with Gasteiger partial charge in [-0.25, -0.2) is 8.42 Å². The molecule has 0 spiro atoms. The maximum Gasteiger partial charge on any atom is 0.148 e. The van der Waals surface area contributed by atoms with E-state index in [0.29, 0.717) is 0 Å². The van der Waals surface area contributed by atoms with Crippen molar-refractivity contribution in [3.8, 4) is 0 Å². The van der Waals surface area contributed by atoms with Crippen LogP contribution in [0, 0.1) is 0 Å². The van der Waals surface area contributed by atoms with Gasteiger partial charge in [-0.3, -0.25) is 0 Å². The Morgan fingerprint density at radius 3 is 2.24 bits per heavy atom. The summed E-state index contributed by atoms with van der Waals surface area (Å²) in [6.07, 6.45) is 2.18. The van der Waals surface area contributed by atoms with E-state index in [1.165, 1.54) is 11.8 Å². The molecule has 17 heavy (non-hydrogen) atoms. The van der Waals surface area contributed by atoms with E-state index >= 15 is 0 Å². The highest BCUT2D eigenvalue weighted by Crippen LogP contribution is 2.03. The predicted molar refractivity (Wildman–Crippen MR) is 71.9 cm³/mol. The molecule has 1 aromatic rings. The van der Waals surface area contributed by atoms with E-state index in [4.69, 9.17) is 0 Å². The summed E-state index contributed by atoms with van der Waals surface area (Å²) in [5.41, 5.74) is 1.26. The molecule has 3 nitrogen and oxygen atoms in total. The van der Waals surface area contributed by atoms with Crippen molar-refractivity contribution >= 4 is 9.84 Å². The lowest BCUT2D eigenvalue weighted by Crippen LogP contribution is -2.39. The van der Waals surface area contributed by atoms with Crippen LogP contribution in [-0.2, 0) is 16.3 Å². The van der Waals surface area contributed by atoms with Crippen LogP contribution in [0.15, 0.2) is 30.3 Å². The Bertz CT molecular complexity index is 428. The molecule has 2 unspecified atom stereocenters. The molecule has 1 N–H and O–H groups in total. The first kappa shape index (κ1) is 14.2. The van der Waals surface area contributed by atoms with Crippen molar-refractivity contribution in [3.05, 3.63) is 35.9 Å². The number of benzene rings is 1. The lowest BCUT2D eigenvalue weighted by molar-refractivity contribution is 0.484. The molecule has 0 aliphatic heterocycles. The Labute approximate surface area is 104 Å². The molecule has 0 saturated heterocycles. The van der Waals surface area contributed by atoms with Gasteiger partial charge in [-0.05, 0) is 25.8 Å². The maximum atomic E-state index is 11.1. The number of hydrogen-bond acceptors (Lipinski definition) is 3. The summed E-state index contributed by atoms with van der Waals surface area (Å²) in [6, 6.07) is 10.5. The van der Waals surface area contributed by atoms with Gasteiger partial charge in [-0.15, -0.1) is 0 Å². The zero-order valence-corrected chi connectivity index (χ0v) is 11.5. The van der Waals surface area contributed by atoms with E-state index in [2.05, 4.69) is 24.4 Å². The first-order valence-electron chi connectivity index (χ1n) is 5.84. The second-order valence-corrected chi connectivity index (χ2v) is 6.94. The van der Waals surface area contributed by atoms with Crippen molar-refractivity contribution in [3.63, 3.8) is 0 Å². The third kappa shape index (κ3) is 6.44. The van der Waals surface area contributed by atoms with Crippen LogP contribution in [0.5, 0.6) is 0 Å². The van der Waals surface area contributed by atoms with E-state index in [9.17, 15) is 8.42 Å². The van der Waals surface area contributed by atoms with Crippen molar-refractivity contribution in [1.29, 1.82) is 0 Å². The van der Waals surface area contributed by atoms with Gasteiger partial charge in [0.1, 0.15) is 9.84 Å². The summed E-state index contributed by atoms with van der Waals surface area (Å²) in [6.45, 7) is 3.98. The summed E-state index contributed by atoms with van der Waals surface area (Å²) in [4.78, 5) is 0. The van der Waals surface area contributed by atoms with Crippen LogP contribution < -0.4 is 5.32 Å². The van der Waals surface area contributed by atoms with Gasteiger partial charge in [0.25, 0.3) is 0 Å². The summed E-state index contributed by atoms with van der Waals surface area (Å²) < 4.78 is 22.3. The number of sulfone groups is 1. The quantitative estimate of drug-likeness (QED) is 0.840. The monoisotopic (exact) mass is 255 g/mol. The lowest BCUT2D eigenvalue weighted by Gasteiger charge is -2.19. The molecule has 0 heterocycles. The molecule has 1 rings (SSSR count). The molecule has 2 atom stereocenters. The van der Waals surface area contributed by atoms with Crippen molar-refractivity contribution in [1.82, 2.24) is 5.32 Å². The van der Waals surface area contributed by atoms with Gasteiger partial charge in [0.2, 0.25) is 0 Å². The summed E-state index contributed by atoms with van der Waals surface area (Å²) in [5.74, 6) is 0.187. The van der Waals surface area contributed by atoms with Crippen molar-refractivity contribution < 1.29 is 8.42 Å². The zero-order chi connectivity index (χ0) is 12.9. The fraction of sp³-hybridized carbons (Fsp3) is 0.538. The molecule has 4 heteroatoms. The first-order valence-corrected chi connectivity index (χ1v) is 7.90. The van der Waals surface area contributed by atoms with Crippen molar-refractivity contribution in [2.45, 2.75) is 32.4 Å². The molecule has 0 bridgehead atoms. The van der Waals surface area contributed by atoms with Crippen LogP contribution in [0.4, 0.5) is 0 Å². The number of nitrogens with one attached hydrogen (secondary N) is 1. The molecule has 1 aromatic carbocycles. The molecule has 0 radical (unpaired) electrons. The van der Waals surface area contributed by atoms with E-state index in [1.54, 1.807) is 0 Å². The molecule has 0 aromatic heterocycles. The van der Waals surface area contributed by atoms with Crippen LogP contribution >= 0.6 is 0 Å². The molecular formula is C13H21NO2S. The average molecular weight is 255 g/mol. The maximum absolute atomic E-state index is 11.1. The summed E-state index contributed by atoms with van der Waals surface area (Å²) in [5, 5.41) is 3.31. The average Bonchev–Trinajstić information content (AvgIpc) is 2.15. The standard InChI is InChI=1S/C13H21NO2S/c1-11(9-13-7-5-4-6-8-13)14-12(2)10-17(3,15)16/h4-8,11-12,14H,9-10H2,1-3H3. The third-order valence-electron chi connectivity index (χ3n) is 2.51. The third-order valence-corrected chi connectivity index (χ3v) is 3.61. The first-order chi connectivity index (χ1) is 7.87. The zero-order valence-electron chi connectivity index (χ0n) is 10.7. The Morgan fingerprint density at radius 1 is 1.12 bits per heavy atom. The molecule has 0 aliphatic rings. The second kappa shape index (κ2) is 6.17. The van der Waals surface area contributed by atoms with E-state index in [-0.39, 0.29) is 17.8 Å². The highest BCUT2D eigenvalue weighted by atomic mass is 32.2. The van der Waals surface area contributed by atoms with Crippen LogP contribution in [0.1, 0.15) is 19.4 Å². The Balaban J connectivity index is 2.42. The minimum Gasteiger partial charge on any atom is -0.310 e. The molecule has 96 valence electrons. The minimum absolute atomic E-state index is 0.0105. The van der Waals surface area contributed by atoms with E-state index in [0.717, 1.165) is 6.42 Å². The van der Waals surface area contributed by atoms with E-state index in [1.807, 2.05) is 25.1 Å². The van der Waals surface area contributed by atoms with Crippen LogP contribution in [-0.4, -0.2) is 32.5 Å².